The zero-order valence-corrected chi connectivity index (χ0v) is 14.1. The number of piperazine rings is 1. The van der Waals surface area contributed by atoms with E-state index in [1.165, 1.54) is 0 Å². The fourth-order valence-electron chi connectivity index (χ4n) is 2.90. The molecule has 7 nitrogen and oxygen atoms in total. The lowest BCUT2D eigenvalue weighted by molar-refractivity contribution is -0.132. The smallest absolute Gasteiger partial charge is 0.225 e. The standard InChI is InChI=1S/C17H25N5O2/c1-12(18)10-16(23)20-14-4-5-15(19-11-14)21-6-8-22(9-7-21)17(24)13-2-3-13/h4-5,11-13H,2-3,6-10,18H2,1H3,(H,20,23). The highest BCUT2D eigenvalue weighted by atomic mass is 16.2. The molecule has 0 aromatic carbocycles. The Hall–Kier alpha value is -2.15. The van der Waals surface area contributed by atoms with Crippen LogP contribution in [0.5, 0.6) is 0 Å². The number of nitrogens with one attached hydrogen (secondary N) is 1. The summed E-state index contributed by atoms with van der Waals surface area (Å²) in [4.78, 5) is 32.3. The highest BCUT2D eigenvalue weighted by Crippen LogP contribution is 2.31. The number of carbonyl (C=O) groups excluding carboxylic acids is 2. The lowest BCUT2D eigenvalue weighted by Crippen LogP contribution is -2.49. The van der Waals surface area contributed by atoms with Gasteiger partial charge in [-0.15, -0.1) is 0 Å². The summed E-state index contributed by atoms with van der Waals surface area (Å²) >= 11 is 0. The molecule has 1 unspecified atom stereocenters. The van der Waals surface area contributed by atoms with Crippen LogP contribution in [0.1, 0.15) is 26.2 Å². The van der Waals surface area contributed by atoms with Gasteiger partial charge in [0.1, 0.15) is 5.82 Å². The molecule has 7 heteroatoms. The van der Waals surface area contributed by atoms with Crippen LogP contribution < -0.4 is 16.0 Å². The van der Waals surface area contributed by atoms with Crippen molar-refractivity contribution in [3.8, 4) is 0 Å². The lowest BCUT2D eigenvalue weighted by atomic mass is 10.2. The minimum Gasteiger partial charge on any atom is -0.353 e. The van der Waals surface area contributed by atoms with E-state index in [4.69, 9.17) is 5.73 Å². The monoisotopic (exact) mass is 331 g/mol. The molecule has 1 saturated heterocycles. The zero-order chi connectivity index (χ0) is 17.1. The molecule has 1 aliphatic heterocycles. The average Bonchev–Trinajstić information content (AvgIpc) is 3.39. The summed E-state index contributed by atoms with van der Waals surface area (Å²) in [7, 11) is 0. The van der Waals surface area contributed by atoms with Crippen molar-refractivity contribution in [3.05, 3.63) is 18.3 Å². The fourth-order valence-corrected chi connectivity index (χ4v) is 2.90. The third-order valence-corrected chi connectivity index (χ3v) is 4.38. The van der Waals surface area contributed by atoms with Gasteiger partial charge in [0.2, 0.25) is 11.8 Å². The maximum absolute atomic E-state index is 12.1. The zero-order valence-electron chi connectivity index (χ0n) is 14.1. The molecule has 2 amide bonds. The normalized spacial score (nSPS) is 19.1. The molecule has 0 radical (unpaired) electrons. The van der Waals surface area contributed by atoms with E-state index < -0.39 is 0 Å². The number of rotatable bonds is 5. The van der Waals surface area contributed by atoms with E-state index in [0.29, 0.717) is 18.0 Å². The molecule has 130 valence electrons. The van der Waals surface area contributed by atoms with Crippen LogP contribution in [0.15, 0.2) is 18.3 Å². The van der Waals surface area contributed by atoms with E-state index in [1.807, 2.05) is 17.0 Å². The van der Waals surface area contributed by atoms with E-state index >= 15 is 0 Å². The molecule has 2 aliphatic rings. The van der Waals surface area contributed by atoms with Crippen molar-refractivity contribution in [3.63, 3.8) is 0 Å². The Labute approximate surface area is 142 Å². The Morgan fingerprint density at radius 1 is 1.29 bits per heavy atom. The van der Waals surface area contributed by atoms with Gasteiger partial charge in [0.25, 0.3) is 0 Å². The van der Waals surface area contributed by atoms with E-state index in [0.717, 1.165) is 44.8 Å². The molecule has 1 aliphatic carbocycles. The Kier molecular flexibility index (Phi) is 4.99. The maximum atomic E-state index is 12.1. The Bertz CT molecular complexity index is 590. The van der Waals surface area contributed by atoms with Crippen molar-refractivity contribution < 1.29 is 9.59 Å². The van der Waals surface area contributed by atoms with Gasteiger partial charge in [-0.25, -0.2) is 4.98 Å². The number of amides is 2. The highest BCUT2D eigenvalue weighted by molar-refractivity contribution is 5.91. The summed E-state index contributed by atoms with van der Waals surface area (Å²) in [5.41, 5.74) is 6.29. The summed E-state index contributed by atoms with van der Waals surface area (Å²) in [6.07, 6.45) is 4.06. The quantitative estimate of drug-likeness (QED) is 0.833. The van der Waals surface area contributed by atoms with Crippen molar-refractivity contribution in [1.82, 2.24) is 9.88 Å². The molecule has 2 fully saturated rings. The lowest BCUT2D eigenvalue weighted by Gasteiger charge is -2.35. The minimum absolute atomic E-state index is 0.105. The van der Waals surface area contributed by atoms with Gasteiger partial charge in [-0.3, -0.25) is 9.59 Å². The number of nitrogens with zero attached hydrogens (tertiary/aromatic N) is 3. The van der Waals surface area contributed by atoms with Crippen LogP contribution >= 0.6 is 0 Å². The van der Waals surface area contributed by atoms with E-state index in [1.54, 1.807) is 13.1 Å². The van der Waals surface area contributed by atoms with Gasteiger partial charge < -0.3 is 20.9 Å². The number of nitrogens with two attached hydrogens (primary N) is 1. The van der Waals surface area contributed by atoms with Gasteiger partial charge in [0, 0.05) is 44.6 Å². The Balaban J connectivity index is 1.51. The van der Waals surface area contributed by atoms with Crippen LogP contribution in [0.4, 0.5) is 11.5 Å². The highest BCUT2D eigenvalue weighted by Gasteiger charge is 2.34. The summed E-state index contributed by atoms with van der Waals surface area (Å²) in [5, 5.41) is 2.79. The van der Waals surface area contributed by atoms with E-state index in [9.17, 15) is 9.59 Å². The number of hydrogen-bond donors (Lipinski definition) is 2. The summed E-state index contributed by atoms with van der Waals surface area (Å²) in [6, 6.07) is 3.59. The van der Waals surface area contributed by atoms with Gasteiger partial charge in [0.15, 0.2) is 0 Å². The van der Waals surface area contributed by atoms with Gasteiger partial charge in [-0.05, 0) is 31.9 Å². The molecule has 0 spiro atoms. The molecule has 3 N–H and O–H groups in total. The van der Waals surface area contributed by atoms with Crippen molar-refractivity contribution in [2.45, 2.75) is 32.2 Å². The molecule has 3 rings (SSSR count). The van der Waals surface area contributed by atoms with E-state index in [-0.39, 0.29) is 17.9 Å². The summed E-state index contributed by atoms with van der Waals surface area (Å²) < 4.78 is 0. The third kappa shape index (κ3) is 4.23. The Morgan fingerprint density at radius 3 is 2.54 bits per heavy atom. The van der Waals surface area contributed by atoms with Gasteiger partial charge in [0.05, 0.1) is 11.9 Å². The molecule has 1 saturated carbocycles. The first-order valence-electron chi connectivity index (χ1n) is 8.58. The molecular weight excluding hydrogens is 306 g/mol. The van der Waals surface area contributed by atoms with Gasteiger partial charge >= 0.3 is 0 Å². The molecular formula is C17H25N5O2. The predicted molar refractivity (Wildman–Crippen MR) is 92.7 cm³/mol. The molecule has 0 bridgehead atoms. The molecule has 1 aromatic heterocycles. The third-order valence-electron chi connectivity index (χ3n) is 4.38. The molecule has 1 aromatic rings. The van der Waals surface area contributed by atoms with Gasteiger partial charge in [-0.1, -0.05) is 0 Å². The van der Waals surface area contributed by atoms with Crippen molar-refractivity contribution in [2.24, 2.45) is 11.7 Å². The minimum atomic E-state index is -0.160. The fraction of sp³-hybridized carbons (Fsp3) is 0.588. The van der Waals surface area contributed by atoms with E-state index in [2.05, 4.69) is 15.2 Å². The van der Waals surface area contributed by atoms with Crippen LogP contribution in [-0.4, -0.2) is 53.9 Å². The van der Waals surface area contributed by atoms with Crippen molar-refractivity contribution in [2.75, 3.05) is 36.4 Å². The van der Waals surface area contributed by atoms with Crippen molar-refractivity contribution in [1.29, 1.82) is 0 Å². The number of aromatic nitrogens is 1. The number of hydrogen-bond acceptors (Lipinski definition) is 5. The SMILES string of the molecule is CC(N)CC(=O)Nc1ccc(N2CCN(C(=O)C3CC3)CC2)nc1. The Morgan fingerprint density at radius 2 is 2.00 bits per heavy atom. The number of carbonyl (C=O) groups is 2. The second-order valence-corrected chi connectivity index (χ2v) is 6.72. The van der Waals surface area contributed by atoms with Crippen LogP contribution in [0, 0.1) is 5.92 Å². The first-order valence-corrected chi connectivity index (χ1v) is 8.58. The van der Waals surface area contributed by atoms with Crippen LogP contribution in [0.2, 0.25) is 0 Å². The largest absolute Gasteiger partial charge is 0.353 e. The number of anilines is 2. The van der Waals surface area contributed by atoms with Crippen LogP contribution in [0.25, 0.3) is 0 Å². The molecule has 2 heterocycles. The first-order chi connectivity index (χ1) is 11.5. The topological polar surface area (TPSA) is 91.6 Å². The second-order valence-electron chi connectivity index (χ2n) is 6.72. The molecule has 1 atom stereocenters. The van der Waals surface area contributed by atoms with Crippen LogP contribution in [0.3, 0.4) is 0 Å². The van der Waals surface area contributed by atoms with Gasteiger partial charge in [-0.2, -0.15) is 0 Å². The summed E-state index contributed by atoms with van der Waals surface area (Å²) in [5.74, 6) is 1.37. The predicted octanol–water partition coefficient (Wildman–Crippen LogP) is 0.816. The maximum Gasteiger partial charge on any atom is 0.225 e. The number of pyridine rings is 1. The van der Waals surface area contributed by atoms with Crippen LogP contribution in [-0.2, 0) is 9.59 Å². The first kappa shape index (κ1) is 16.7. The second kappa shape index (κ2) is 7.17. The molecule has 24 heavy (non-hydrogen) atoms. The van der Waals surface area contributed by atoms with Crippen molar-refractivity contribution >= 4 is 23.3 Å². The summed E-state index contributed by atoms with van der Waals surface area (Å²) in [6.45, 7) is 4.89. The average molecular weight is 331 g/mol.